The molecule has 0 aliphatic carbocycles. The average molecular weight is 311 g/mol. The second-order valence-electron chi connectivity index (χ2n) is 3.45. The summed E-state index contributed by atoms with van der Waals surface area (Å²) in [5.74, 6) is -0.394. The van der Waals surface area contributed by atoms with Gasteiger partial charge in [-0.15, -0.1) is 0 Å². The minimum Gasteiger partial charge on any atom is -0.464 e. The number of hydrogen-bond acceptors (Lipinski definition) is 4. The molecule has 1 aromatic heterocycles. The maximum atomic E-state index is 11.1. The standard InChI is InChI=1S/C11H7BrN2O4/c12-7-4-6(11(13)15)5-8(14(16)17)10(7)9-2-1-3-18-9/h1-5H,(H2,13,15). The van der Waals surface area contributed by atoms with Crippen molar-refractivity contribution in [1.82, 2.24) is 0 Å². The first kappa shape index (κ1) is 12.3. The van der Waals surface area contributed by atoms with Crippen molar-refractivity contribution in [3.05, 3.63) is 50.7 Å². The first-order valence-electron chi connectivity index (χ1n) is 4.82. The molecule has 92 valence electrons. The fourth-order valence-electron chi connectivity index (χ4n) is 1.54. The monoisotopic (exact) mass is 310 g/mol. The third-order valence-corrected chi connectivity index (χ3v) is 2.94. The number of benzene rings is 1. The Morgan fingerprint density at radius 3 is 2.67 bits per heavy atom. The Morgan fingerprint density at radius 2 is 2.17 bits per heavy atom. The van der Waals surface area contributed by atoms with Crippen LogP contribution in [-0.4, -0.2) is 10.8 Å². The molecule has 0 unspecified atom stereocenters. The molecule has 2 aromatic rings. The molecule has 1 aromatic carbocycles. The zero-order chi connectivity index (χ0) is 13.3. The van der Waals surface area contributed by atoms with Gasteiger partial charge in [-0.3, -0.25) is 14.9 Å². The number of carbonyl (C=O) groups excluding carboxylic acids is 1. The van der Waals surface area contributed by atoms with E-state index in [0.717, 1.165) is 6.07 Å². The Labute approximate surface area is 110 Å². The number of amides is 1. The minimum atomic E-state index is -0.732. The number of nitro benzene ring substituents is 1. The molecule has 1 heterocycles. The summed E-state index contributed by atoms with van der Waals surface area (Å²) in [6.07, 6.45) is 1.41. The van der Waals surface area contributed by atoms with Crippen LogP contribution in [0.4, 0.5) is 5.69 Å². The SMILES string of the molecule is NC(=O)c1cc(Br)c(-c2ccco2)c([N+](=O)[O-])c1. The lowest BCUT2D eigenvalue weighted by molar-refractivity contribution is -0.384. The second-order valence-corrected chi connectivity index (χ2v) is 4.31. The van der Waals surface area contributed by atoms with Crippen LogP contribution in [0.2, 0.25) is 0 Å². The van der Waals surface area contributed by atoms with Gasteiger partial charge in [0.25, 0.3) is 5.69 Å². The first-order chi connectivity index (χ1) is 8.50. The molecule has 0 aliphatic heterocycles. The molecule has 1 amide bonds. The number of furan rings is 1. The van der Waals surface area contributed by atoms with Crippen LogP contribution in [0.3, 0.4) is 0 Å². The Morgan fingerprint density at radius 1 is 1.44 bits per heavy atom. The zero-order valence-corrected chi connectivity index (χ0v) is 10.5. The number of hydrogen-bond donors (Lipinski definition) is 1. The number of nitrogens with two attached hydrogens (primary N) is 1. The van der Waals surface area contributed by atoms with Gasteiger partial charge in [0.2, 0.25) is 5.91 Å². The quantitative estimate of drug-likeness (QED) is 0.695. The minimum absolute atomic E-state index is 0.0591. The highest BCUT2D eigenvalue weighted by Gasteiger charge is 2.23. The normalized spacial score (nSPS) is 10.3. The van der Waals surface area contributed by atoms with Crippen molar-refractivity contribution < 1.29 is 14.1 Å². The number of primary amides is 1. The summed E-state index contributed by atoms with van der Waals surface area (Å²) in [5, 5.41) is 11.0. The van der Waals surface area contributed by atoms with Crippen molar-refractivity contribution in [3.8, 4) is 11.3 Å². The maximum absolute atomic E-state index is 11.1. The van der Waals surface area contributed by atoms with Crippen molar-refractivity contribution >= 4 is 27.5 Å². The summed E-state index contributed by atoms with van der Waals surface area (Å²) in [5.41, 5.74) is 5.20. The van der Waals surface area contributed by atoms with Gasteiger partial charge < -0.3 is 10.2 Å². The van der Waals surface area contributed by atoms with Crippen LogP contribution in [0.1, 0.15) is 10.4 Å². The molecule has 18 heavy (non-hydrogen) atoms. The fourth-order valence-corrected chi connectivity index (χ4v) is 2.19. The smallest absolute Gasteiger partial charge is 0.282 e. The summed E-state index contributed by atoms with van der Waals surface area (Å²) >= 11 is 3.18. The molecular weight excluding hydrogens is 304 g/mol. The van der Waals surface area contributed by atoms with Gasteiger partial charge in [0, 0.05) is 16.1 Å². The van der Waals surface area contributed by atoms with Gasteiger partial charge in [-0.2, -0.15) is 0 Å². The molecule has 2 N–H and O–H groups in total. The molecule has 0 fully saturated rings. The summed E-state index contributed by atoms with van der Waals surface area (Å²) in [6, 6.07) is 5.77. The van der Waals surface area contributed by atoms with Gasteiger partial charge in [0.15, 0.2) is 0 Å². The molecule has 0 bridgehead atoms. The van der Waals surface area contributed by atoms with E-state index in [0.29, 0.717) is 10.2 Å². The Kier molecular flexibility index (Phi) is 3.15. The van der Waals surface area contributed by atoms with Gasteiger partial charge >= 0.3 is 0 Å². The number of halogens is 1. The summed E-state index contributed by atoms with van der Waals surface area (Å²) in [4.78, 5) is 21.5. The molecule has 0 spiro atoms. The van der Waals surface area contributed by atoms with E-state index in [1.807, 2.05) is 0 Å². The molecule has 0 radical (unpaired) electrons. The largest absolute Gasteiger partial charge is 0.464 e. The van der Waals surface area contributed by atoms with E-state index in [2.05, 4.69) is 15.9 Å². The lowest BCUT2D eigenvalue weighted by Crippen LogP contribution is -2.11. The number of nitrogens with zero attached hydrogens (tertiary/aromatic N) is 1. The maximum Gasteiger partial charge on any atom is 0.282 e. The molecule has 0 aliphatic rings. The van der Waals surface area contributed by atoms with Gasteiger partial charge in [0.05, 0.1) is 11.2 Å². The number of rotatable bonds is 3. The highest BCUT2D eigenvalue weighted by atomic mass is 79.9. The van der Waals surface area contributed by atoms with E-state index in [9.17, 15) is 14.9 Å². The third kappa shape index (κ3) is 2.12. The van der Waals surface area contributed by atoms with E-state index in [1.54, 1.807) is 12.1 Å². The number of carbonyl (C=O) groups is 1. The molecular formula is C11H7BrN2O4. The summed E-state index contributed by atoms with van der Waals surface area (Å²) < 4.78 is 5.52. The van der Waals surface area contributed by atoms with Crippen LogP contribution in [0.5, 0.6) is 0 Å². The van der Waals surface area contributed by atoms with Crippen LogP contribution in [-0.2, 0) is 0 Å². The molecule has 0 atom stereocenters. The van der Waals surface area contributed by atoms with E-state index < -0.39 is 10.8 Å². The van der Waals surface area contributed by atoms with Gasteiger partial charge in [-0.25, -0.2) is 0 Å². The second kappa shape index (κ2) is 4.61. The van der Waals surface area contributed by atoms with Crippen molar-refractivity contribution in [3.63, 3.8) is 0 Å². The van der Waals surface area contributed by atoms with Crippen LogP contribution in [0.25, 0.3) is 11.3 Å². The molecule has 0 saturated heterocycles. The van der Waals surface area contributed by atoms with Crippen LogP contribution < -0.4 is 5.73 Å². The Balaban J connectivity index is 2.73. The van der Waals surface area contributed by atoms with E-state index in [-0.39, 0.29) is 16.8 Å². The van der Waals surface area contributed by atoms with Crippen molar-refractivity contribution in [2.24, 2.45) is 5.73 Å². The highest BCUT2D eigenvalue weighted by molar-refractivity contribution is 9.10. The molecule has 2 rings (SSSR count). The topological polar surface area (TPSA) is 99.4 Å². The lowest BCUT2D eigenvalue weighted by atomic mass is 10.1. The van der Waals surface area contributed by atoms with Crippen molar-refractivity contribution in [2.75, 3.05) is 0 Å². The Hall–Kier alpha value is -2.15. The van der Waals surface area contributed by atoms with Crippen molar-refractivity contribution in [1.29, 1.82) is 0 Å². The fraction of sp³-hybridized carbons (Fsp3) is 0. The van der Waals surface area contributed by atoms with E-state index >= 15 is 0 Å². The van der Waals surface area contributed by atoms with Crippen molar-refractivity contribution in [2.45, 2.75) is 0 Å². The Bertz CT molecular complexity index is 622. The van der Waals surface area contributed by atoms with E-state index in [4.69, 9.17) is 10.2 Å². The highest BCUT2D eigenvalue weighted by Crippen LogP contribution is 2.37. The van der Waals surface area contributed by atoms with Crippen LogP contribution >= 0.6 is 15.9 Å². The van der Waals surface area contributed by atoms with Gasteiger partial charge in [-0.05, 0) is 34.1 Å². The first-order valence-corrected chi connectivity index (χ1v) is 5.61. The molecule has 6 nitrogen and oxygen atoms in total. The average Bonchev–Trinajstić information content (AvgIpc) is 2.80. The molecule has 0 saturated carbocycles. The van der Waals surface area contributed by atoms with E-state index in [1.165, 1.54) is 12.3 Å². The van der Waals surface area contributed by atoms with Gasteiger partial charge in [0.1, 0.15) is 11.3 Å². The summed E-state index contributed by atoms with van der Waals surface area (Å²) in [6.45, 7) is 0. The zero-order valence-electron chi connectivity index (χ0n) is 8.92. The van der Waals surface area contributed by atoms with Gasteiger partial charge in [-0.1, -0.05) is 0 Å². The molecule has 7 heteroatoms. The number of nitro groups is 1. The lowest BCUT2D eigenvalue weighted by Gasteiger charge is -2.05. The third-order valence-electron chi connectivity index (χ3n) is 2.32. The summed E-state index contributed by atoms with van der Waals surface area (Å²) in [7, 11) is 0. The van der Waals surface area contributed by atoms with Crippen LogP contribution in [0.15, 0.2) is 39.4 Å². The predicted molar refractivity (Wildman–Crippen MR) is 67.0 cm³/mol. The van der Waals surface area contributed by atoms with Crippen LogP contribution in [0, 0.1) is 10.1 Å². The predicted octanol–water partition coefficient (Wildman–Crippen LogP) is 2.72.